The Balaban J connectivity index is 0.00000243. The van der Waals surface area contributed by atoms with Crippen LogP contribution in [0, 0.1) is 0 Å². The van der Waals surface area contributed by atoms with Gasteiger partial charge in [-0.15, -0.1) is 12.4 Å². The van der Waals surface area contributed by atoms with E-state index in [4.69, 9.17) is 0 Å². The summed E-state index contributed by atoms with van der Waals surface area (Å²) in [6.07, 6.45) is 11.8. The first-order chi connectivity index (χ1) is 11.5. The van der Waals surface area contributed by atoms with Gasteiger partial charge in [0.25, 0.3) is 0 Å². The molecule has 0 fully saturated rings. The minimum atomic E-state index is 0. The topological polar surface area (TPSA) is 6.48 Å². The van der Waals surface area contributed by atoms with Crippen LogP contribution in [-0.2, 0) is 0 Å². The predicted molar refractivity (Wildman–Crippen MR) is 115 cm³/mol. The fourth-order valence-electron chi connectivity index (χ4n) is 5.35. The van der Waals surface area contributed by atoms with Crippen LogP contribution >= 0.6 is 12.4 Å². The molecule has 3 heteroatoms. The van der Waals surface area contributed by atoms with Crippen molar-refractivity contribution in [3.63, 3.8) is 0 Å². The summed E-state index contributed by atoms with van der Waals surface area (Å²) < 4.78 is 0. The van der Waals surface area contributed by atoms with Crippen molar-refractivity contribution in [2.24, 2.45) is 0 Å². The van der Waals surface area contributed by atoms with Crippen LogP contribution in [0.4, 0.5) is 0 Å². The molecule has 2 atom stereocenters. The second-order valence-electron chi connectivity index (χ2n) is 8.99. The van der Waals surface area contributed by atoms with E-state index in [1.807, 2.05) is 0 Å². The lowest BCUT2D eigenvalue weighted by molar-refractivity contribution is 0.105. The van der Waals surface area contributed by atoms with E-state index in [1.54, 1.807) is 0 Å². The van der Waals surface area contributed by atoms with Gasteiger partial charge in [0.1, 0.15) is 0 Å². The van der Waals surface area contributed by atoms with Crippen LogP contribution in [0.25, 0.3) is 0 Å². The second-order valence-corrected chi connectivity index (χ2v) is 8.99. The Morgan fingerprint density at radius 1 is 0.692 bits per heavy atom. The molecule has 0 radical (unpaired) electrons. The Kier molecular flexibility index (Phi) is 5.59. The molecule has 0 aromatic carbocycles. The zero-order chi connectivity index (χ0) is 18.6. The van der Waals surface area contributed by atoms with Crippen molar-refractivity contribution >= 4 is 12.4 Å². The Labute approximate surface area is 166 Å². The molecule has 2 aliphatic carbocycles. The highest BCUT2D eigenvalue weighted by atomic mass is 35.5. The summed E-state index contributed by atoms with van der Waals surface area (Å²) in [5.74, 6) is 0. The lowest BCUT2D eigenvalue weighted by Crippen LogP contribution is -2.50. The highest BCUT2D eigenvalue weighted by Crippen LogP contribution is 2.43. The molecular formula is C23H35ClN2. The van der Waals surface area contributed by atoms with Gasteiger partial charge < -0.3 is 9.80 Å². The quantitative estimate of drug-likeness (QED) is 0.556. The normalized spacial score (nSPS) is 32.0. The van der Waals surface area contributed by atoms with E-state index in [0.29, 0.717) is 0 Å². The van der Waals surface area contributed by atoms with Crippen molar-refractivity contribution in [2.75, 3.05) is 6.67 Å². The Morgan fingerprint density at radius 3 is 1.35 bits per heavy atom. The largest absolute Gasteiger partial charge is 0.347 e. The molecule has 3 aliphatic rings. The van der Waals surface area contributed by atoms with Gasteiger partial charge >= 0.3 is 0 Å². The summed E-state index contributed by atoms with van der Waals surface area (Å²) in [7, 11) is 0. The molecule has 1 heterocycles. The third kappa shape index (κ3) is 3.53. The smallest absolute Gasteiger partial charge is 0.0915 e. The fraction of sp³-hybridized carbons (Fsp3) is 0.565. The first kappa shape index (κ1) is 20.9. The molecule has 3 rings (SSSR count). The molecular weight excluding hydrogens is 340 g/mol. The van der Waals surface area contributed by atoms with E-state index in [2.05, 4.69) is 89.5 Å². The molecule has 0 saturated heterocycles. The highest BCUT2D eigenvalue weighted by molar-refractivity contribution is 5.85. The fourth-order valence-corrected chi connectivity index (χ4v) is 5.35. The van der Waals surface area contributed by atoms with Gasteiger partial charge in [0.2, 0.25) is 0 Å². The molecule has 144 valence electrons. The summed E-state index contributed by atoms with van der Waals surface area (Å²) in [5, 5.41) is 0. The van der Waals surface area contributed by atoms with Crippen LogP contribution in [0.5, 0.6) is 0 Å². The average Bonchev–Trinajstić information content (AvgIpc) is 2.73. The minimum Gasteiger partial charge on any atom is -0.347 e. The first-order valence-corrected chi connectivity index (χ1v) is 9.50. The van der Waals surface area contributed by atoms with Gasteiger partial charge in [-0.1, -0.05) is 46.6 Å². The van der Waals surface area contributed by atoms with Gasteiger partial charge in [0.05, 0.1) is 17.7 Å². The van der Waals surface area contributed by atoms with Gasteiger partial charge in [-0.3, -0.25) is 0 Å². The highest BCUT2D eigenvalue weighted by Gasteiger charge is 2.43. The van der Waals surface area contributed by atoms with Crippen molar-refractivity contribution in [1.29, 1.82) is 0 Å². The lowest BCUT2D eigenvalue weighted by atomic mass is 9.84. The van der Waals surface area contributed by atoms with E-state index >= 15 is 0 Å². The van der Waals surface area contributed by atoms with E-state index in [1.165, 1.54) is 33.7 Å². The second kappa shape index (κ2) is 6.96. The molecule has 2 unspecified atom stereocenters. The maximum Gasteiger partial charge on any atom is 0.0915 e. The molecule has 0 spiro atoms. The molecule has 0 bridgehead atoms. The summed E-state index contributed by atoms with van der Waals surface area (Å²) >= 11 is 0. The zero-order valence-corrected chi connectivity index (χ0v) is 18.5. The standard InChI is InChI=1S/C23H34N2.ClH/c1-16-9-17(2)12-22(7,11-16)24-15-25(21(6)20(24)5)23(8)13-18(3)10-19(4)14-23;/h9-11,13H,12,14-15H2,1-8H3;1H. The van der Waals surface area contributed by atoms with E-state index < -0.39 is 0 Å². The van der Waals surface area contributed by atoms with Gasteiger partial charge in [0, 0.05) is 11.4 Å². The summed E-state index contributed by atoms with van der Waals surface area (Å²) in [6.45, 7) is 19.3. The van der Waals surface area contributed by atoms with Crippen LogP contribution < -0.4 is 0 Å². The van der Waals surface area contributed by atoms with E-state index in [-0.39, 0.29) is 23.5 Å². The van der Waals surface area contributed by atoms with Crippen molar-refractivity contribution in [3.8, 4) is 0 Å². The maximum absolute atomic E-state index is 2.62. The number of allylic oxidation sites excluding steroid dienone is 6. The molecule has 0 saturated carbocycles. The first-order valence-electron chi connectivity index (χ1n) is 9.50. The van der Waals surface area contributed by atoms with Crippen LogP contribution in [0.15, 0.2) is 58.0 Å². The Hall–Kier alpha value is -1.41. The minimum absolute atomic E-state index is 0. The third-order valence-corrected chi connectivity index (χ3v) is 6.15. The Morgan fingerprint density at radius 2 is 1.04 bits per heavy atom. The summed E-state index contributed by atoms with van der Waals surface area (Å²) in [5.41, 5.74) is 8.69. The van der Waals surface area contributed by atoms with Crippen molar-refractivity contribution in [3.05, 3.63) is 58.0 Å². The van der Waals surface area contributed by atoms with Crippen molar-refractivity contribution in [2.45, 2.75) is 79.3 Å². The third-order valence-electron chi connectivity index (χ3n) is 6.15. The number of hydrogen-bond donors (Lipinski definition) is 0. The molecule has 1 aliphatic heterocycles. The van der Waals surface area contributed by atoms with Gasteiger partial charge in [-0.2, -0.15) is 0 Å². The molecule has 0 aromatic heterocycles. The monoisotopic (exact) mass is 374 g/mol. The number of nitrogens with zero attached hydrogens (tertiary/aromatic N) is 2. The summed E-state index contributed by atoms with van der Waals surface area (Å²) in [6, 6.07) is 0. The van der Waals surface area contributed by atoms with Crippen molar-refractivity contribution in [1.82, 2.24) is 9.80 Å². The van der Waals surface area contributed by atoms with Crippen LogP contribution in [0.3, 0.4) is 0 Å². The van der Waals surface area contributed by atoms with Crippen molar-refractivity contribution < 1.29 is 0 Å². The van der Waals surface area contributed by atoms with Crippen LogP contribution in [0.2, 0.25) is 0 Å². The molecule has 0 amide bonds. The number of rotatable bonds is 2. The van der Waals surface area contributed by atoms with Gasteiger partial charge in [0.15, 0.2) is 0 Å². The number of hydrogen-bond acceptors (Lipinski definition) is 2. The van der Waals surface area contributed by atoms with Crippen LogP contribution in [0.1, 0.15) is 68.2 Å². The Bertz CT molecular complexity index is 690. The SMILES string of the molecule is CC1=CC(C)(N2CN(C3(C)C=C(C)C=C(C)C3)C(C)=C2C)CC(C)=C1.Cl. The molecule has 0 aromatic rings. The molecule has 2 nitrogen and oxygen atoms in total. The zero-order valence-electron chi connectivity index (χ0n) is 17.7. The maximum atomic E-state index is 2.62. The lowest BCUT2D eigenvalue weighted by Gasteiger charge is -2.45. The van der Waals surface area contributed by atoms with Gasteiger partial charge in [-0.25, -0.2) is 0 Å². The van der Waals surface area contributed by atoms with Crippen LogP contribution in [-0.4, -0.2) is 27.5 Å². The van der Waals surface area contributed by atoms with E-state index in [0.717, 1.165) is 19.5 Å². The summed E-state index contributed by atoms with van der Waals surface area (Å²) in [4.78, 5) is 5.23. The number of halogens is 1. The average molecular weight is 375 g/mol. The van der Waals surface area contributed by atoms with Gasteiger partial charge in [-0.05, 0) is 68.2 Å². The van der Waals surface area contributed by atoms with E-state index in [9.17, 15) is 0 Å². The molecule has 0 N–H and O–H groups in total. The predicted octanol–water partition coefficient (Wildman–Crippen LogP) is 6.34. The molecule has 26 heavy (non-hydrogen) atoms.